The zero-order chi connectivity index (χ0) is 14.5. The molecule has 0 saturated carbocycles. The Labute approximate surface area is 115 Å². The molecule has 1 aromatic carbocycles. The van der Waals surface area contributed by atoms with Gasteiger partial charge in [0.1, 0.15) is 0 Å². The van der Waals surface area contributed by atoms with Crippen LogP contribution in [0.3, 0.4) is 0 Å². The Bertz CT molecular complexity index is 641. The standard InChI is InChI=1S/C14H12N2O4/c1-2-20-14(17)11-3-4-12(13(9-11)16(18)19)10-5-7-15-8-6-10/h3-9H,2H2,1H3. The maximum atomic E-state index is 11.6. The van der Waals surface area contributed by atoms with Gasteiger partial charge in [-0.1, -0.05) is 0 Å². The molecular formula is C14H12N2O4. The van der Waals surface area contributed by atoms with Crippen LogP contribution in [-0.2, 0) is 4.74 Å². The fraction of sp³-hybridized carbons (Fsp3) is 0.143. The van der Waals surface area contributed by atoms with Crippen molar-refractivity contribution in [3.63, 3.8) is 0 Å². The first-order valence-electron chi connectivity index (χ1n) is 5.99. The highest BCUT2D eigenvalue weighted by Gasteiger charge is 2.19. The van der Waals surface area contributed by atoms with E-state index in [0.29, 0.717) is 11.1 Å². The highest BCUT2D eigenvalue weighted by molar-refractivity contribution is 5.92. The molecule has 1 heterocycles. The number of carbonyl (C=O) groups is 1. The molecule has 102 valence electrons. The lowest BCUT2D eigenvalue weighted by Gasteiger charge is -2.06. The summed E-state index contributed by atoms with van der Waals surface area (Å²) in [5.41, 5.74) is 1.13. The van der Waals surface area contributed by atoms with Gasteiger partial charge in [0.15, 0.2) is 0 Å². The van der Waals surface area contributed by atoms with E-state index in [1.165, 1.54) is 12.1 Å². The highest BCUT2D eigenvalue weighted by Crippen LogP contribution is 2.30. The summed E-state index contributed by atoms with van der Waals surface area (Å²) in [5.74, 6) is -0.572. The van der Waals surface area contributed by atoms with Crippen molar-refractivity contribution in [2.75, 3.05) is 6.61 Å². The van der Waals surface area contributed by atoms with Crippen LogP contribution < -0.4 is 0 Å². The number of nitrogens with zero attached hydrogens (tertiary/aromatic N) is 2. The van der Waals surface area contributed by atoms with Gasteiger partial charge in [-0.25, -0.2) is 4.79 Å². The second kappa shape index (κ2) is 5.92. The molecule has 0 N–H and O–H groups in total. The number of esters is 1. The molecule has 0 aliphatic rings. The minimum atomic E-state index is -0.572. The molecule has 0 atom stereocenters. The van der Waals surface area contributed by atoms with Crippen LogP contribution in [0.15, 0.2) is 42.7 Å². The predicted octanol–water partition coefficient (Wildman–Crippen LogP) is 2.83. The third-order valence-corrected chi connectivity index (χ3v) is 2.70. The summed E-state index contributed by atoms with van der Waals surface area (Å²) in [6.07, 6.45) is 3.11. The molecule has 6 heteroatoms. The molecule has 0 aliphatic heterocycles. The molecule has 0 aliphatic carbocycles. The summed E-state index contributed by atoms with van der Waals surface area (Å²) < 4.78 is 4.84. The van der Waals surface area contributed by atoms with Gasteiger partial charge in [-0.2, -0.15) is 0 Å². The smallest absolute Gasteiger partial charge is 0.338 e. The number of benzene rings is 1. The van der Waals surface area contributed by atoms with Crippen molar-refractivity contribution in [1.82, 2.24) is 4.98 Å². The van der Waals surface area contributed by atoms with E-state index in [2.05, 4.69) is 4.98 Å². The summed E-state index contributed by atoms with van der Waals surface area (Å²) in [4.78, 5) is 26.1. The van der Waals surface area contributed by atoms with Crippen LogP contribution in [0.4, 0.5) is 5.69 Å². The molecule has 0 radical (unpaired) electrons. The second-order valence-electron chi connectivity index (χ2n) is 3.95. The molecular weight excluding hydrogens is 260 g/mol. The van der Waals surface area contributed by atoms with Crippen LogP contribution >= 0.6 is 0 Å². The summed E-state index contributed by atoms with van der Waals surface area (Å²) >= 11 is 0. The second-order valence-corrected chi connectivity index (χ2v) is 3.95. The fourth-order valence-electron chi connectivity index (χ4n) is 1.80. The quantitative estimate of drug-likeness (QED) is 0.485. The Hall–Kier alpha value is -2.76. The molecule has 0 saturated heterocycles. The molecule has 1 aromatic heterocycles. The first-order chi connectivity index (χ1) is 9.63. The van der Waals surface area contributed by atoms with Gasteiger partial charge in [-0.05, 0) is 36.8 Å². The Morgan fingerprint density at radius 2 is 2.00 bits per heavy atom. The van der Waals surface area contributed by atoms with E-state index < -0.39 is 10.9 Å². The summed E-state index contributed by atoms with van der Waals surface area (Å²) in [5, 5.41) is 11.2. The van der Waals surface area contributed by atoms with Crippen molar-refractivity contribution in [2.45, 2.75) is 6.92 Å². The van der Waals surface area contributed by atoms with Crippen molar-refractivity contribution < 1.29 is 14.5 Å². The number of pyridine rings is 1. The monoisotopic (exact) mass is 272 g/mol. The maximum Gasteiger partial charge on any atom is 0.338 e. The molecule has 6 nitrogen and oxygen atoms in total. The van der Waals surface area contributed by atoms with Crippen molar-refractivity contribution in [3.8, 4) is 11.1 Å². The fourth-order valence-corrected chi connectivity index (χ4v) is 1.80. The van der Waals surface area contributed by atoms with Gasteiger partial charge in [-0.3, -0.25) is 15.1 Å². The summed E-state index contributed by atoms with van der Waals surface area (Å²) in [6.45, 7) is 1.90. The lowest BCUT2D eigenvalue weighted by atomic mass is 10.0. The molecule has 0 spiro atoms. The Morgan fingerprint density at radius 3 is 2.60 bits per heavy atom. The molecule has 0 amide bonds. The van der Waals surface area contributed by atoms with E-state index in [-0.39, 0.29) is 17.9 Å². The van der Waals surface area contributed by atoms with Gasteiger partial charge in [0.05, 0.1) is 22.7 Å². The Kier molecular flexibility index (Phi) is 4.05. The van der Waals surface area contributed by atoms with E-state index in [1.807, 2.05) is 0 Å². The highest BCUT2D eigenvalue weighted by atomic mass is 16.6. The van der Waals surface area contributed by atoms with E-state index in [0.717, 1.165) is 0 Å². The van der Waals surface area contributed by atoms with Gasteiger partial charge >= 0.3 is 5.97 Å². The molecule has 0 unspecified atom stereocenters. The average molecular weight is 272 g/mol. The van der Waals surface area contributed by atoms with E-state index in [9.17, 15) is 14.9 Å². The number of rotatable bonds is 4. The maximum absolute atomic E-state index is 11.6. The third kappa shape index (κ3) is 2.80. The van der Waals surface area contributed by atoms with Crippen molar-refractivity contribution in [1.29, 1.82) is 0 Å². The SMILES string of the molecule is CCOC(=O)c1ccc(-c2ccncc2)c([N+](=O)[O-])c1. The number of aromatic nitrogens is 1. The lowest BCUT2D eigenvalue weighted by molar-refractivity contribution is -0.384. The lowest BCUT2D eigenvalue weighted by Crippen LogP contribution is -2.05. The minimum absolute atomic E-state index is 0.137. The number of carbonyl (C=O) groups excluding carboxylic acids is 1. The van der Waals surface area contributed by atoms with Crippen LogP contribution in [0.25, 0.3) is 11.1 Å². The Morgan fingerprint density at radius 1 is 1.30 bits per heavy atom. The average Bonchev–Trinajstić information content (AvgIpc) is 2.47. The van der Waals surface area contributed by atoms with Crippen LogP contribution in [0, 0.1) is 10.1 Å². The third-order valence-electron chi connectivity index (χ3n) is 2.70. The summed E-state index contributed by atoms with van der Waals surface area (Å²) in [7, 11) is 0. The van der Waals surface area contributed by atoms with Crippen molar-refractivity contribution >= 4 is 11.7 Å². The van der Waals surface area contributed by atoms with Gasteiger partial charge in [0, 0.05) is 18.5 Å². The van der Waals surface area contributed by atoms with Crippen LogP contribution in [0.1, 0.15) is 17.3 Å². The molecule has 2 aromatic rings. The van der Waals surface area contributed by atoms with E-state index in [1.54, 1.807) is 37.5 Å². The first-order valence-corrected chi connectivity index (χ1v) is 5.99. The normalized spacial score (nSPS) is 10.1. The van der Waals surface area contributed by atoms with Gasteiger partial charge in [0.2, 0.25) is 0 Å². The predicted molar refractivity (Wildman–Crippen MR) is 72.3 cm³/mol. The van der Waals surface area contributed by atoms with Crippen LogP contribution in [0.5, 0.6) is 0 Å². The van der Waals surface area contributed by atoms with E-state index in [4.69, 9.17) is 4.74 Å². The first kappa shape index (κ1) is 13.7. The van der Waals surface area contributed by atoms with Crippen molar-refractivity contribution in [3.05, 3.63) is 58.4 Å². The topological polar surface area (TPSA) is 82.3 Å². The molecule has 0 bridgehead atoms. The number of ether oxygens (including phenoxy) is 1. The largest absolute Gasteiger partial charge is 0.462 e. The van der Waals surface area contributed by atoms with Gasteiger partial charge in [0.25, 0.3) is 5.69 Å². The van der Waals surface area contributed by atoms with Crippen LogP contribution in [-0.4, -0.2) is 22.5 Å². The van der Waals surface area contributed by atoms with Crippen molar-refractivity contribution in [2.24, 2.45) is 0 Å². The number of nitro groups is 1. The molecule has 20 heavy (non-hydrogen) atoms. The number of hydrogen-bond donors (Lipinski definition) is 0. The number of hydrogen-bond acceptors (Lipinski definition) is 5. The number of nitro benzene ring substituents is 1. The zero-order valence-corrected chi connectivity index (χ0v) is 10.8. The minimum Gasteiger partial charge on any atom is -0.462 e. The van der Waals surface area contributed by atoms with Crippen LogP contribution in [0.2, 0.25) is 0 Å². The van der Waals surface area contributed by atoms with Gasteiger partial charge in [-0.15, -0.1) is 0 Å². The molecule has 0 fully saturated rings. The summed E-state index contributed by atoms with van der Waals surface area (Å²) in [6, 6.07) is 7.63. The molecule has 2 rings (SSSR count). The van der Waals surface area contributed by atoms with Gasteiger partial charge < -0.3 is 4.74 Å². The zero-order valence-electron chi connectivity index (χ0n) is 10.8. The Balaban J connectivity index is 2.49. The van der Waals surface area contributed by atoms with E-state index >= 15 is 0 Å².